The average Bonchev–Trinajstić information content (AvgIpc) is 3.03. The Labute approximate surface area is 144 Å². The molecular formula is C17H26ClN3O2. The molecule has 1 heterocycles. The lowest BCUT2D eigenvalue weighted by atomic mass is 10.1. The molecule has 128 valence electrons. The van der Waals surface area contributed by atoms with Crippen LogP contribution in [-0.4, -0.2) is 42.4 Å². The van der Waals surface area contributed by atoms with E-state index in [0.29, 0.717) is 26.1 Å². The van der Waals surface area contributed by atoms with Gasteiger partial charge in [0.1, 0.15) is 6.04 Å². The maximum absolute atomic E-state index is 12.4. The van der Waals surface area contributed by atoms with E-state index >= 15 is 0 Å². The van der Waals surface area contributed by atoms with Gasteiger partial charge in [0.2, 0.25) is 11.8 Å². The Morgan fingerprint density at radius 3 is 2.70 bits per heavy atom. The number of hydrogen-bond acceptors (Lipinski definition) is 3. The summed E-state index contributed by atoms with van der Waals surface area (Å²) in [5, 5.41) is 2.91. The molecule has 2 atom stereocenters. The normalized spacial score (nSPS) is 18.2. The number of nitrogens with zero attached hydrogens (tertiary/aromatic N) is 1. The summed E-state index contributed by atoms with van der Waals surface area (Å²) in [5.41, 5.74) is 6.54. The first-order chi connectivity index (χ1) is 10.6. The smallest absolute Gasteiger partial charge is 0.242 e. The molecule has 0 bridgehead atoms. The second kappa shape index (κ2) is 9.53. The van der Waals surface area contributed by atoms with E-state index in [4.69, 9.17) is 5.73 Å². The van der Waals surface area contributed by atoms with Gasteiger partial charge in [-0.3, -0.25) is 9.59 Å². The SMILES string of the molecule is CC(CN)CNC(=O)C1CCCN1C(=O)Cc1ccccc1.Cl. The number of likely N-dealkylation sites (tertiary alicyclic amines) is 1. The fraction of sp³-hybridized carbons (Fsp3) is 0.529. The van der Waals surface area contributed by atoms with Gasteiger partial charge in [0, 0.05) is 13.1 Å². The van der Waals surface area contributed by atoms with Crippen molar-refractivity contribution in [1.29, 1.82) is 0 Å². The largest absolute Gasteiger partial charge is 0.354 e. The molecule has 0 aromatic heterocycles. The Balaban J connectivity index is 0.00000264. The second-order valence-electron chi connectivity index (χ2n) is 5.99. The van der Waals surface area contributed by atoms with Gasteiger partial charge in [0.15, 0.2) is 0 Å². The number of carbonyl (C=O) groups is 2. The van der Waals surface area contributed by atoms with E-state index in [1.165, 1.54) is 0 Å². The van der Waals surface area contributed by atoms with Crippen LogP contribution in [0.2, 0.25) is 0 Å². The third kappa shape index (κ3) is 5.52. The molecule has 0 saturated carbocycles. The molecule has 2 rings (SSSR count). The second-order valence-corrected chi connectivity index (χ2v) is 5.99. The predicted molar refractivity (Wildman–Crippen MR) is 93.4 cm³/mol. The van der Waals surface area contributed by atoms with Crippen LogP contribution < -0.4 is 11.1 Å². The first-order valence-electron chi connectivity index (χ1n) is 7.93. The Morgan fingerprint density at radius 2 is 2.04 bits per heavy atom. The van der Waals surface area contributed by atoms with E-state index in [1.807, 2.05) is 37.3 Å². The van der Waals surface area contributed by atoms with Crippen molar-refractivity contribution in [2.75, 3.05) is 19.6 Å². The third-order valence-electron chi connectivity index (χ3n) is 4.10. The highest BCUT2D eigenvalue weighted by Crippen LogP contribution is 2.19. The maximum atomic E-state index is 12.4. The first-order valence-corrected chi connectivity index (χ1v) is 7.93. The minimum Gasteiger partial charge on any atom is -0.354 e. The summed E-state index contributed by atoms with van der Waals surface area (Å²) >= 11 is 0. The Kier molecular flexibility index (Phi) is 8.06. The molecule has 3 N–H and O–H groups in total. The molecule has 1 aliphatic rings. The molecule has 0 spiro atoms. The summed E-state index contributed by atoms with van der Waals surface area (Å²) in [6.45, 7) is 3.76. The number of amides is 2. The molecule has 23 heavy (non-hydrogen) atoms. The molecule has 0 radical (unpaired) electrons. The number of nitrogens with two attached hydrogens (primary N) is 1. The number of carbonyl (C=O) groups excluding carboxylic acids is 2. The summed E-state index contributed by atoms with van der Waals surface area (Å²) in [4.78, 5) is 26.5. The van der Waals surface area contributed by atoms with Gasteiger partial charge < -0.3 is 16.0 Å². The molecule has 5 nitrogen and oxygen atoms in total. The van der Waals surface area contributed by atoms with Crippen molar-refractivity contribution in [1.82, 2.24) is 10.2 Å². The zero-order valence-corrected chi connectivity index (χ0v) is 14.3. The molecule has 6 heteroatoms. The Morgan fingerprint density at radius 1 is 1.35 bits per heavy atom. The van der Waals surface area contributed by atoms with E-state index in [0.717, 1.165) is 18.4 Å². The van der Waals surface area contributed by atoms with Gasteiger partial charge in [-0.2, -0.15) is 0 Å². The van der Waals surface area contributed by atoms with Crippen molar-refractivity contribution in [3.63, 3.8) is 0 Å². The molecule has 1 aromatic carbocycles. The Bertz CT molecular complexity index is 510. The van der Waals surface area contributed by atoms with Crippen LogP contribution in [0, 0.1) is 5.92 Å². The lowest BCUT2D eigenvalue weighted by Gasteiger charge is -2.24. The summed E-state index contributed by atoms with van der Waals surface area (Å²) in [6.07, 6.45) is 1.97. The van der Waals surface area contributed by atoms with Crippen LogP contribution in [-0.2, 0) is 16.0 Å². The van der Waals surface area contributed by atoms with E-state index in [1.54, 1.807) is 4.90 Å². The van der Waals surface area contributed by atoms with Gasteiger partial charge in [-0.15, -0.1) is 12.4 Å². The highest BCUT2D eigenvalue weighted by molar-refractivity contribution is 5.89. The summed E-state index contributed by atoms with van der Waals surface area (Å²) in [7, 11) is 0. The fourth-order valence-electron chi connectivity index (χ4n) is 2.69. The zero-order valence-electron chi connectivity index (χ0n) is 13.5. The number of benzene rings is 1. The van der Waals surface area contributed by atoms with Gasteiger partial charge >= 0.3 is 0 Å². The maximum Gasteiger partial charge on any atom is 0.242 e. The number of hydrogen-bond donors (Lipinski definition) is 2. The van der Waals surface area contributed by atoms with Crippen molar-refractivity contribution in [2.24, 2.45) is 11.7 Å². The van der Waals surface area contributed by atoms with E-state index in [-0.39, 0.29) is 36.2 Å². The Hall–Kier alpha value is -1.59. The zero-order chi connectivity index (χ0) is 15.9. The van der Waals surface area contributed by atoms with Crippen LogP contribution in [0.5, 0.6) is 0 Å². The van der Waals surface area contributed by atoms with Gasteiger partial charge in [-0.05, 0) is 30.9 Å². The molecule has 0 aliphatic carbocycles. The third-order valence-corrected chi connectivity index (χ3v) is 4.10. The van der Waals surface area contributed by atoms with Gasteiger partial charge in [-0.25, -0.2) is 0 Å². The molecule has 2 unspecified atom stereocenters. The lowest BCUT2D eigenvalue weighted by molar-refractivity contribution is -0.138. The van der Waals surface area contributed by atoms with E-state index in [9.17, 15) is 9.59 Å². The van der Waals surface area contributed by atoms with Crippen molar-refractivity contribution in [3.05, 3.63) is 35.9 Å². The average molecular weight is 340 g/mol. The monoisotopic (exact) mass is 339 g/mol. The highest BCUT2D eigenvalue weighted by Gasteiger charge is 2.33. The standard InChI is InChI=1S/C17H25N3O2.ClH/c1-13(11-18)12-19-17(22)15-8-5-9-20(15)16(21)10-14-6-3-2-4-7-14;/h2-4,6-7,13,15H,5,8-12,18H2,1H3,(H,19,22);1H. The topological polar surface area (TPSA) is 75.4 Å². The summed E-state index contributed by atoms with van der Waals surface area (Å²) in [6, 6.07) is 9.31. The van der Waals surface area contributed by atoms with Gasteiger partial charge in [-0.1, -0.05) is 37.3 Å². The molecule has 1 saturated heterocycles. The van der Waals surface area contributed by atoms with Crippen molar-refractivity contribution in [3.8, 4) is 0 Å². The quantitative estimate of drug-likeness (QED) is 0.821. The van der Waals surface area contributed by atoms with Crippen LogP contribution in [0.1, 0.15) is 25.3 Å². The number of rotatable bonds is 6. The van der Waals surface area contributed by atoms with Crippen LogP contribution in [0.25, 0.3) is 0 Å². The highest BCUT2D eigenvalue weighted by atomic mass is 35.5. The van der Waals surface area contributed by atoms with Crippen molar-refractivity contribution < 1.29 is 9.59 Å². The van der Waals surface area contributed by atoms with Gasteiger partial charge in [0.25, 0.3) is 0 Å². The van der Waals surface area contributed by atoms with Crippen LogP contribution in [0.3, 0.4) is 0 Å². The van der Waals surface area contributed by atoms with Crippen molar-refractivity contribution in [2.45, 2.75) is 32.2 Å². The fourth-order valence-corrected chi connectivity index (χ4v) is 2.69. The van der Waals surface area contributed by atoms with Crippen molar-refractivity contribution >= 4 is 24.2 Å². The molecule has 1 fully saturated rings. The minimum atomic E-state index is -0.332. The van der Waals surface area contributed by atoms with Crippen LogP contribution >= 0.6 is 12.4 Å². The van der Waals surface area contributed by atoms with Crippen LogP contribution in [0.4, 0.5) is 0 Å². The molecular weight excluding hydrogens is 314 g/mol. The van der Waals surface area contributed by atoms with Crippen LogP contribution in [0.15, 0.2) is 30.3 Å². The summed E-state index contributed by atoms with van der Waals surface area (Å²) < 4.78 is 0. The van der Waals surface area contributed by atoms with E-state index in [2.05, 4.69) is 5.32 Å². The lowest BCUT2D eigenvalue weighted by Crippen LogP contribution is -2.47. The van der Waals surface area contributed by atoms with Gasteiger partial charge in [0.05, 0.1) is 6.42 Å². The predicted octanol–water partition coefficient (Wildman–Crippen LogP) is 1.35. The molecule has 1 aliphatic heterocycles. The summed E-state index contributed by atoms with van der Waals surface area (Å²) in [5.74, 6) is 0.216. The number of nitrogens with one attached hydrogen (secondary N) is 1. The van der Waals surface area contributed by atoms with E-state index < -0.39 is 0 Å². The first kappa shape index (κ1) is 19.5. The molecule has 1 aromatic rings. The minimum absolute atomic E-state index is 0. The number of halogens is 1. The molecule has 2 amide bonds.